The normalized spacial score (nSPS) is 12.1. The van der Waals surface area contributed by atoms with Crippen LogP contribution in [0.15, 0.2) is 49.1 Å². The number of hydrogen-bond acceptors (Lipinski definition) is 6. The van der Waals surface area contributed by atoms with E-state index in [1.807, 2.05) is 0 Å². The van der Waals surface area contributed by atoms with E-state index in [9.17, 15) is 32.7 Å². The van der Waals surface area contributed by atoms with Gasteiger partial charge in [0, 0.05) is 22.2 Å². The molecular formula is C21H13F3N4O5S. The fourth-order valence-electron chi connectivity index (χ4n) is 3.92. The van der Waals surface area contributed by atoms with Crippen LogP contribution in [0.2, 0.25) is 0 Å². The second-order valence-corrected chi connectivity index (χ2v) is 8.26. The van der Waals surface area contributed by atoms with Gasteiger partial charge in [-0.1, -0.05) is 5.16 Å². The maximum Gasteiger partial charge on any atom is 0.416 e. The Morgan fingerprint density at radius 3 is 2.62 bits per heavy atom. The first-order chi connectivity index (χ1) is 16.1. The van der Waals surface area contributed by atoms with Gasteiger partial charge in [0.15, 0.2) is 5.69 Å². The van der Waals surface area contributed by atoms with Gasteiger partial charge in [-0.3, -0.25) is 4.79 Å². The van der Waals surface area contributed by atoms with Crippen molar-refractivity contribution in [3.8, 4) is 5.69 Å². The number of alkyl halides is 3. The molecule has 0 radical (unpaired) electrons. The van der Waals surface area contributed by atoms with Gasteiger partial charge in [0.1, 0.15) is 11.5 Å². The van der Waals surface area contributed by atoms with E-state index in [1.54, 1.807) is 6.92 Å². The predicted octanol–water partition coefficient (Wildman–Crippen LogP) is 3.76. The third-order valence-electron chi connectivity index (χ3n) is 5.33. The van der Waals surface area contributed by atoms with Crippen LogP contribution in [0.25, 0.3) is 27.5 Å². The number of hydrogen-bond donors (Lipinski definition) is 2. The molecule has 0 aliphatic heterocycles. The summed E-state index contributed by atoms with van der Waals surface area (Å²) in [6.07, 6.45) is -4.74. The summed E-state index contributed by atoms with van der Waals surface area (Å²) in [5.41, 5.74) is -3.29. The predicted molar refractivity (Wildman–Crippen MR) is 116 cm³/mol. The average Bonchev–Trinajstić information content (AvgIpc) is 3.46. The number of nitrogens with zero attached hydrogens (tertiary/aromatic N) is 3. The van der Waals surface area contributed by atoms with Gasteiger partial charge in [-0.05, 0) is 25.1 Å². The molecule has 5 rings (SSSR count). The molecule has 0 aliphatic rings. The second-order valence-electron chi connectivity index (χ2n) is 7.52. The van der Waals surface area contributed by atoms with Crippen LogP contribution in [0.3, 0.4) is 0 Å². The highest BCUT2D eigenvalue weighted by Gasteiger charge is 2.33. The molecule has 9 nitrogen and oxygen atoms in total. The maximum absolute atomic E-state index is 13.5. The number of halogens is 3. The van der Waals surface area contributed by atoms with Crippen LogP contribution >= 0.6 is 11.3 Å². The summed E-state index contributed by atoms with van der Waals surface area (Å²) >= 11 is 1.14. The molecule has 5 aromatic rings. The third-order valence-corrected chi connectivity index (χ3v) is 6.07. The van der Waals surface area contributed by atoms with Crippen LogP contribution < -0.4 is 11.2 Å². The van der Waals surface area contributed by atoms with Crippen molar-refractivity contribution < 1.29 is 27.6 Å². The molecule has 0 amide bonds. The monoisotopic (exact) mass is 490 g/mol. The lowest BCUT2D eigenvalue weighted by Crippen LogP contribution is -2.34. The number of nitrogens with one attached hydrogen (secondary N) is 1. The minimum atomic E-state index is -4.74. The Morgan fingerprint density at radius 1 is 1.21 bits per heavy atom. The summed E-state index contributed by atoms with van der Waals surface area (Å²) in [6, 6.07) is 4.17. The van der Waals surface area contributed by atoms with Gasteiger partial charge in [0.2, 0.25) is 0 Å². The molecule has 0 spiro atoms. The number of carbonyl (C=O) groups is 1. The smallest absolute Gasteiger partial charge is 0.416 e. The first kappa shape index (κ1) is 21.7. The summed E-state index contributed by atoms with van der Waals surface area (Å²) < 4.78 is 47.3. The molecule has 34 heavy (non-hydrogen) atoms. The van der Waals surface area contributed by atoms with Crippen LogP contribution in [0.1, 0.15) is 27.5 Å². The summed E-state index contributed by atoms with van der Waals surface area (Å²) in [7, 11) is 0. The molecular weight excluding hydrogens is 477 g/mol. The Hall–Kier alpha value is -4.13. The molecule has 0 saturated carbocycles. The number of fused-ring (bicyclic) bond motifs is 2. The lowest BCUT2D eigenvalue weighted by Gasteiger charge is -2.08. The zero-order chi connectivity index (χ0) is 24.4. The number of aromatic amines is 1. The van der Waals surface area contributed by atoms with Crippen LogP contribution in [0, 0.1) is 6.92 Å². The molecule has 0 unspecified atom stereocenters. The average molecular weight is 490 g/mol. The van der Waals surface area contributed by atoms with Crippen LogP contribution in [0.5, 0.6) is 0 Å². The molecule has 4 aromatic heterocycles. The minimum absolute atomic E-state index is 0.0674. The van der Waals surface area contributed by atoms with Gasteiger partial charge in [-0.2, -0.15) is 13.2 Å². The number of aromatic carboxylic acids is 1. The van der Waals surface area contributed by atoms with Crippen molar-refractivity contribution in [3.63, 3.8) is 0 Å². The zero-order valence-corrected chi connectivity index (χ0v) is 18.0. The maximum atomic E-state index is 13.5. The molecule has 0 aliphatic carbocycles. The largest absolute Gasteiger partial charge is 0.477 e. The molecule has 1 aromatic carbocycles. The van der Waals surface area contributed by atoms with Crippen LogP contribution in [-0.2, 0) is 12.7 Å². The van der Waals surface area contributed by atoms with Gasteiger partial charge in [-0.15, -0.1) is 11.3 Å². The topological polar surface area (TPSA) is 123 Å². The lowest BCUT2D eigenvalue weighted by molar-refractivity contribution is -0.137. The van der Waals surface area contributed by atoms with Gasteiger partial charge in [-0.25, -0.2) is 14.2 Å². The highest BCUT2D eigenvalue weighted by atomic mass is 32.1. The molecule has 0 fully saturated rings. The van der Waals surface area contributed by atoms with Gasteiger partial charge < -0.3 is 19.2 Å². The zero-order valence-electron chi connectivity index (χ0n) is 17.1. The van der Waals surface area contributed by atoms with E-state index in [4.69, 9.17) is 4.52 Å². The van der Waals surface area contributed by atoms with Crippen molar-refractivity contribution in [2.24, 2.45) is 0 Å². The number of thiophene rings is 1. The standard InChI is InChI=1S/C21H13F3N4O5S/c1-9-4-11(26-33-9)6-27-15-3-2-10(21(22,23)24)5-12(15)16(17(27)19(30)31)28-18(29)13-7-34-8-14(13)25-20(28)32/h2-5,7-8H,6H2,1H3,(H,25,32)(H,30,31). The van der Waals surface area contributed by atoms with Crippen molar-refractivity contribution in [3.05, 3.63) is 78.6 Å². The first-order valence-corrected chi connectivity index (χ1v) is 10.6. The van der Waals surface area contributed by atoms with Crippen molar-refractivity contribution in [2.45, 2.75) is 19.6 Å². The van der Waals surface area contributed by atoms with Gasteiger partial charge >= 0.3 is 17.8 Å². The summed E-state index contributed by atoms with van der Waals surface area (Å²) in [5.74, 6) is -1.10. The van der Waals surface area contributed by atoms with Crippen molar-refractivity contribution in [1.29, 1.82) is 0 Å². The number of rotatable bonds is 4. The van der Waals surface area contributed by atoms with Crippen LogP contribution in [-0.4, -0.2) is 30.4 Å². The minimum Gasteiger partial charge on any atom is -0.477 e. The first-order valence-electron chi connectivity index (χ1n) is 9.67. The number of aromatic nitrogens is 4. The number of aryl methyl sites for hydroxylation is 1. The number of carboxylic acids is 1. The Bertz CT molecular complexity index is 1720. The van der Waals surface area contributed by atoms with E-state index in [0.29, 0.717) is 16.0 Å². The fraction of sp³-hybridized carbons (Fsp3) is 0.143. The second kappa shape index (κ2) is 7.45. The van der Waals surface area contributed by atoms with Gasteiger partial charge in [0.25, 0.3) is 5.56 Å². The van der Waals surface area contributed by atoms with E-state index in [2.05, 4.69) is 10.1 Å². The molecule has 0 saturated heterocycles. The Morgan fingerprint density at radius 2 is 1.97 bits per heavy atom. The van der Waals surface area contributed by atoms with Crippen molar-refractivity contribution in [2.75, 3.05) is 0 Å². The summed E-state index contributed by atoms with van der Waals surface area (Å²) in [5, 5.41) is 16.7. The molecule has 0 bridgehead atoms. The highest BCUT2D eigenvalue weighted by molar-refractivity contribution is 7.09. The van der Waals surface area contributed by atoms with E-state index in [1.165, 1.54) is 21.4 Å². The number of carboxylic acid groups (broad SMARTS) is 1. The van der Waals surface area contributed by atoms with Crippen LogP contribution in [0.4, 0.5) is 13.2 Å². The number of H-pyrrole nitrogens is 1. The Balaban J connectivity index is 1.93. The third kappa shape index (κ3) is 3.32. The summed E-state index contributed by atoms with van der Waals surface area (Å²) in [4.78, 5) is 40.9. The highest BCUT2D eigenvalue weighted by Crippen LogP contribution is 2.36. The van der Waals surface area contributed by atoms with Crippen molar-refractivity contribution >= 4 is 39.1 Å². The molecule has 13 heteroatoms. The van der Waals surface area contributed by atoms with E-state index in [-0.39, 0.29) is 28.4 Å². The lowest BCUT2D eigenvalue weighted by atomic mass is 10.1. The van der Waals surface area contributed by atoms with E-state index in [0.717, 1.165) is 29.5 Å². The Kier molecular flexibility index (Phi) is 4.75. The SMILES string of the molecule is Cc1cc(Cn2c(C(=O)O)c(-n3c(=O)[nH]c4cscc4c3=O)c3cc(C(F)(F)F)ccc32)no1. The molecule has 0 atom stereocenters. The quantitative estimate of drug-likeness (QED) is 0.396. The Labute approximate surface area is 190 Å². The van der Waals surface area contributed by atoms with E-state index >= 15 is 0 Å². The molecule has 174 valence electrons. The number of benzene rings is 1. The summed E-state index contributed by atoms with van der Waals surface area (Å²) in [6.45, 7) is 1.44. The van der Waals surface area contributed by atoms with E-state index < -0.39 is 40.3 Å². The van der Waals surface area contributed by atoms with Crippen molar-refractivity contribution in [1.82, 2.24) is 19.3 Å². The van der Waals surface area contributed by atoms with Gasteiger partial charge in [0.05, 0.1) is 34.2 Å². The molecule has 4 heterocycles. The fourth-order valence-corrected chi connectivity index (χ4v) is 4.68. The molecule has 2 N–H and O–H groups in total.